The molecule has 0 amide bonds. The third-order valence-corrected chi connectivity index (χ3v) is 2.85. The second-order valence-electron chi connectivity index (χ2n) is 4.35. The molecule has 0 aromatic heterocycles. The van der Waals surface area contributed by atoms with Crippen LogP contribution < -0.4 is 16.8 Å². The molecule has 0 fully saturated rings. The van der Waals surface area contributed by atoms with Crippen LogP contribution >= 0.6 is 0 Å². The van der Waals surface area contributed by atoms with Crippen LogP contribution in [-0.2, 0) is 6.54 Å². The van der Waals surface area contributed by atoms with Crippen molar-refractivity contribution in [3.8, 4) is 5.75 Å². The summed E-state index contributed by atoms with van der Waals surface area (Å²) in [5.74, 6) is -0.961. The average Bonchev–Trinajstić information content (AvgIpc) is 2.39. The number of aromatic hydroxyl groups is 1. The molecular formula is C14H15N3O3. The number of anilines is 3. The molecule has 6 heteroatoms. The van der Waals surface area contributed by atoms with E-state index in [0.29, 0.717) is 22.6 Å². The van der Waals surface area contributed by atoms with Gasteiger partial charge in [-0.3, -0.25) is 0 Å². The van der Waals surface area contributed by atoms with Crippen molar-refractivity contribution >= 4 is 23.0 Å². The number of hydrogen-bond donors (Lipinski definition) is 5. The van der Waals surface area contributed by atoms with E-state index in [1.54, 1.807) is 12.1 Å². The Kier molecular flexibility index (Phi) is 3.65. The highest BCUT2D eigenvalue weighted by atomic mass is 16.4. The molecular weight excluding hydrogens is 258 g/mol. The molecule has 0 aliphatic carbocycles. The lowest BCUT2D eigenvalue weighted by molar-refractivity contribution is 0.0698. The lowest BCUT2D eigenvalue weighted by Gasteiger charge is -2.12. The molecule has 0 aliphatic rings. The molecule has 20 heavy (non-hydrogen) atoms. The first-order valence-electron chi connectivity index (χ1n) is 5.91. The second kappa shape index (κ2) is 5.40. The average molecular weight is 273 g/mol. The molecule has 6 nitrogen and oxygen atoms in total. The fourth-order valence-corrected chi connectivity index (χ4v) is 1.83. The van der Waals surface area contributed by atoms with Gasteiger partial charge in [0.1, 0.15) is 5.75 Å². The monoisotopic (exact) mass is 273 g/mol. The molecule has 0 radical (unpaired) electrons. The van der Waals surface area contributed by atoms with Gasteiger partial charge in [-0.15, -0.1) is 0 Å². The highest BCUT2D eigenvalue weighted by Crippen LogP contribution is 2.24. The highest BCUT2D eigenvalue weighted by Gasteiger charge is 2.10. The summed E-state index contributed by atoms with van der Waals surface area (Å²) in [6.07, 6.45) is 0. The molecule has 0 heterocycles. The Hall–Kier alpha value is -2.89. The number of nitrogens with two attached hydrogens (primary N) is 2. The highest BCUT2D eigenvalue weighted by molar-refractivity contribution is 5.95. The van der Waals surface area contributed by atoms with Crippen molar-refractivity contribution in [1.82, 2.24) is 0 Å². The summed E-state index contributed by atoms with van der Waals surface area (Å²) >= 11 is 0. The van der Waals surface area contributed by atoms with Crippen molar-refractivity contribution in [2.45, 2.75) is 6.54 Å². The van der Waals surface area contributed by atoms with E-state index in [2.05, 4.69) is 5.32 Å². The van der Waals surface area contributed by atoms with E-state index < -0.39 is 5.97 Å². The first-order chi connectivity index (χ1) is 9.47. The van der Waals surface area contributed by atoms with Gasteiger partial charge in [-0.25, -0.2) is 4.79 Å². The van der Waals surface area contributed by atoms with Crippen LogP contribution in [0, 0.1) is 0 Å². The Morgan fingerprint density at radius 2 is 1.75 bits per heavy atom. The van der Waals surface area contributed by atoms with E-state index in [0.717, 1.165) is 0 Å². The maximum Gasteiger partial charge on any atom is 0.337 e. The lowest BCUT2D eigenvalue weighted by Crippen LogP contribution is -2.07. The number of carboxylic acids is 1. The van der Waals surface area contributed by atoms with Crippen LogP contribution in [0.3, 0.4) is 0 Å². The topological polar surface area (TPSA) is 122 Å². The Labute approximate surface area is 115 Å². The van der Waals surface area contributed by atoms with Gasteiger partial charge in [0, 0.05) is 23.5 Å². The normalized spacial score (nSPS) is 10.2. The molecule has 0 unspecified atom stereocenters. The van der Waals surface area contributed by atoms with Crippen LogP contribution in [0.2, 0.25) is 0 Å². The van der Waals surface area contributed by atoms with E-state index in [1.165, 1.54) is 24.3 Å². The van der Waals surface area contributed by atoms with E-state index in [-0.39, 0.29) is 17.9 Å². The van der Waals surface area contributed by atoms with Crippen molar-refractivity contribution in [3.05, 3.63) is 47.5 Å². The Morgan fingerprint density at radius 1 is 1.10 bits per heavy atom. The fourth-order valence-electron chi connectivity index (χ4n) is 1.83. The van der Waals surface area contributed by atoms with Crippen molar-refractivity contribution in [3.63, 3.8) is 0 Å². The third kappa shape index (κ3) is 2.92. The van der Waals surface area contributed by atoms with Gasteiger partial charge in [-0.1, -0.05) is 0 Å². The Bertz CT molecular complexity index is 656. The van der Waals surface area contributed by atoms with Crippen LogP contribution in [0.15, 0.2) is 36.4 Å². The van der Waals surface area contributed by atoms with Gasteiger partial charge >= 0.3 is 5.97 Å². The van der Waals surface area contributed by atoms with Gasteiger partial charge < -0.3 is 27.0 Å². The van der Waals surface area contributed by atoms with E-state index >= 15 is 0 Å². The maximum atomic E-state index is 11.1. The Morgan fingerprint density at radius 3 is 2.45 bits per heavy atom. The number of nitrogen functional groups attached to an aromatic ring is 2. The third-order valence-electron chi connectivity index (χ3n) is 2.85. The van der Waals surface area contributed by atoms with Gasteiger partial charge in [-0.2, -0.15) is 0 Å². The molecule has 0 saturated carbocycles. The zero-order valence-corrected chi connectivity index (χ0v) is 10.6. The molecule has 2 rings (SSSR count). The first-order valence-corrected chi connectivity index (χ1v) is 5.91. The summed E-state index contributed by atoms with van der Waals surface area (Å²) in [6.45, 7) is 0.237. The van der Waals surface area contributed by atoms with Crippen LogP contribution in [0.4, 0.5) is 17.1 Å². The van der Waals surface area contributed by atoms with Crippen LogP contribution in [0.5, 0.6) is 5.75 Å². The molecule has 2 aromatic carbocycles. The van der Waals surface area contributed by atoms with Crippen LogP contribution in [-0.4, -0.2) is 16.2 Å². The summed E-state index contributed by atoms with van der Waals surface area (Å²) in [6, 6.07) is 9.18. The van der Waals surface area contributed by atoms with Gasteiger partial charge in [0.25, 0.3) is 0 Å². The summed E-state index contributed by atoms with van der Waals surface area (Å²) in [4.78, 5) is 11.1. The van der Waals surface area contributed by atoms with Gasteiger partial charge in [-0.05, 0) is 36.4 Å². The number of aromatic carboxylic acids is 1. The minimum Gasteiger partial charge on any atom is -0.508 e. The molecule has 0 bridgehead atoms. The van der Waals surface area contributed by atoms with E-state index in [1.807, 2.05) is 0 Å². The molecule has 0 aliphatic heterocycles. The number of nitrogens with one attached hydrogen (secondary N) is 1. The largest absolute Gasteiger partial charge is 0.508 e. The lowest BCUT2D eigenvalue weighted by atomic mass is 10.1. The molecule has 104 valence electrons. The molecule has 7 N–H and O–H groups in total. The summed E-state index contributed by atoms with van der Waals surface area (Å²) in [5.41, 5.74) is 13.3. The number of hydrogen-bond acceptors (Lipinski definition) is 5. The minimum absolute atomic E-state index is 0.0903. The molecule has 0 spiro atoms. The van der Waals surface area contributed by atoms with E-state index in [9.17, 15) is 9.90 Å². The molecule has 2 aromatic rings. The molecule has 0 atom stereocenters. The van der Waals surface area contributed by atoms with Crippen molar-refractivity contribution in [2.75, 3.05) is 16.8 Å². The fraction of sp³-hybridized carbons (Fsp3) is 0.0714. The zero-order chi connectivity index (χ0) is 14.7. The zero-order valence-electron chi connectivity index (χ0n) is 10.6. The predicted molar refractivity (Wildman–Crippen MR) is 77.7 cm³/mol. The van der Waals surface area contributed by atoms with Gasteiger partial charge in [0.05, 0.1) is 11.3 Å². The maximum absolute atomic E-state index is 11.1. The van der Waals surface area contributed by atoms with Crippen molar-refractivity contribution < 1.29 is 15.0 Å². The number of rotatable bonds is 4. The smallest absolute Gasteiger partial charge is 0.337 e. The molecule has 0 saturated heterocycles. The quantitative estimate of drug-likeness (QED) is 0.428. The second-order valence-corrected chi connectivity index (χ2v) is 4.35. The van der Waals surface area contributed by atoms with Gasteiger partial charge in [0.15, 0.2) is 0 Å². The number of carbonyl (C=O) groups is 1. The number of benzene rings is 2. The first kappa shape index (κ1) is 13.5. The predicted octanol–water partition coefficient (Wildman–Crippen LogP) is 1.87. The number of phenols is 1. The SMILES string of the molecule is Nc1ccc(O)c(CNc2cc(N)ccc2C(=O)O)c1. The van der Waals surface area contributed by atoms with Crippen molar-refractivity contribution in [2.24, 2.45) is 0 Å². The van der Waals surface area contributed by atoms with Crippen LogP contribution in [0.25, 0.3) is 0 Å². The van der Waals surface area contributed by atoms with E-state index in [4.69, 9.17) is 16.6 Å². The standard InChI is InChI=1S/C14H15N3O3/c15-9-2-4-13(18)8(5-9)7-17-12-6-10(16)1-3-11(12)14(19)20/h1-6,17-18H,7,15-16H2,(H,19,20). The Balaban J connectivity index is 2.24. The minimum atomic E-state index is -1.05. The number of carboxylic acid groups (broad SMARTS) is 1. The summed E-state index contributed by atoms with van der Waals surface area (Å²) in [5, 5.41) is 21.8. The number of phenolic OH excluding ortho intramolecular Hbond substituents is 1. The van der Waals surface area contributed by atoms with Crippen LogP contribution in [0.1, 0.15) is 15.9 Å². The summed E-state index contributed by atoms with van der Waals surface area (Å²) < 4.78 is 0. The summed E-state index contributed by atoms with van der Waals surface area (Å²) in [7, 11) is 0. The van der Waals surface area contributed by atoms with Gasteiger partial charge in [0.2, 0.25) is 0 Å². The van der Waals surface area contributed by atoms with Crippen molar-refractivity contribution in [1.29, 1.82) is 0 Å².